The Morgan fingerprint density at radius 1 is 1.24 bits per heavy atom. The molecule has 0 spiro atoms. The van der Waals surface area contributed by atoms with Crippen molar-refractivity contribution in [1.29, 1.82) is 0 Å². The summed E-state index contributed by atoms with van der Waals surface area (Å²) in [5, 5.41) is 18.3. The van der Waals surface area contributed by atoms with Gasteiger partial charge >= 0.3 is 5.70 Å². The van der Waals surface area contributed by atoms with Crippen LogP contribution in [0.25, 0.3) is 11.0 Å². The lowest BCUT2D eigenvalue weighted by molar-refractivity contribution is -0.432. The van der Waals surface area contributed by atoms with Crippen molar-refractivity contribution in [2.75, 3.05) is 12.4 Å². The first-order valence-corrected chi connectivity index (χ1v) is 8.03. The highest BCUT2D eigenvalue weighted by Crippen LogP contribution is 2.38. The van der Waals surface area contributed by atoms with Crippen LogP contribution in [0.2, 0.25) is 5.02 Å². The van der Waals surface area contributed by atoms with E-state index in [1.54, 1.807) is 31.3 Å². The van der Waals surface area contributed by atoms with Crippen molar-refractivity contribution in [2.45, 2.75) is 6.04 Å². The molecule has 0 bridgehead atoms. The topological polar surface area (TPSA) is 85.0 Å². The molecule has 1 atom stereocenters. The molecule has 1 aliphatic heterocycles. The molecule has 1 aliphatic rings. The zero-order valence-electron chi connectivity index (χ0n) is 13.2. The summed E-state index contributed by atoms with van der Waals surface area (Å²) >= 11 is 5.99. The van der Waals surface area contributed by atoms with Gasteiger partial charge in [-0.2, -0.15) is 0 Å². The van der Waals surface area contributed by atoms with E-state index in [1.165, 1.54) is 0 Å². The Labute approximate surface area is 148 Å². The van der Waals surface area contributed by atoms with E-state index < -0.39 is 6.04 Å². The second-order valence-corrected chi connectivity index (χ2v) is 6.08. The molecule has 25 heavy (non-hydrogen) atoms. The fraction of sp³-hybridized carbons (Fsp3) is 0.118. The minimum absolute atomic E-state index is 0.0282. The number of allylic oxidation sites excluding steroid dienone is 1. The molecule has 0 radical (unpaired) electrons. The maximum absolute atomic E-state index is 11.8. The predicted octanol–water partition coefficient (Wildman–Crippen LogP) is 3.37. The van der Waals surface area contributed by atoms with Gasteiger partial charge in [0.25, 0.3) is 0 Å². The zero-order valence-corrected chi connectivity index (χ0v) is 14.0. The molecule has 126 valence electrons. The van der Waals surface area contributed by atoms with E-state index in [0.717, 1.165) is 16.6 Å². The van der Waals surface area contributed by atoms with Crippen LogP contribution in [0.5, 0.6) is 0 Å². The summed E-state index contributed by atoms with van der Waals surface area (Å²) in [6.07, 6.45) is 0. The molecule has 2 aromatic carbocycles. The fourth-order valence-electron chi connectivity index (χ4n) is 3.16. The fourth-order valence-corrected chi connectivity index (χ4v) is 3.29. The molecule has 0 aliphatic carbocycles. The highest BCUT2D eigenvalue weighted by Gasteiger charge is 2.39. The lowest BCUT2D eigenvalue weighted by Gasteiger charge is -2.26. The number of benzene rings is 2. The Morgan fingerprint density at radius 3 is 2.64 bits per heavy atom. The average molecular weight is 356 g/mol. The number of hydrogen-bond acceptors (Lipinski definition) is 5. The minimum atomic E-state index is -0.627. The number of imidazole rings is 1. The molecule has 8 heteroatoms. The number of anilines is 1. The summed E-state index contributed by atoms with van der Waals surface area (Å²) in [7, 11) is 1.64. The van der Waals surface area contributed by atoms with Crippen LogP contribution in [0.15, 0.2) is 60.0 Å². The van der Waals surface area contributed by atoms with E-state index in [0.29, 0.717) is 16.8 Å². The number of nitro groups is 1. The Balaban J connectivity index is 2.03. The third kappa shape index (κ3) is 2.40. The predicted molar refractivity (Wildman–Crippen MR) is 96.0 cm³/mol. The first-order valence-electron chi connectivity index (χ1n) is 7.66. The van der Waals surface area contributed by atoms with Crippen LogP contribution in [-0.2, 0) is 0 Å². The van der Waals surface area contributed by atoms with E-state index in [1.807, 2.05) is 28.8 Å². The van der Waals surface area contributed by atoms with E-state index in [2.05, 4.69) is 15.6 Å². The number of nitrogens with zero attached hydrogens (tertiary/aromatic N) is 3. The van der Waals surface area contributed by atoms with Gasteiger partial charge in [0.05, 0.1) is 16.0 Å². The van der Waals surface area contributed by atoms with Gasteiger partial charge in [0.2, 0.25) is 5.95 Å². The van der Waals surface area contributed by atoms with Crippen molar-refractivity contribution in [3.8, 4) is 0 Å². The number of fused-ring (bicyclic) bond motifs is 3. The van der Waals surface area contributed by atoms with Crippen LogP contribution in [0.4, 0.5) is 5.95 Å². The molecular weight excluding hydrogens is 342 g/mol. The summed E-state index contributed by atoms with van der Waals surface area (Å²) < 4.78 is 1.84. The summed E-state index contributed by atoms with van der Waals surface area (Å²) in [6, 6.07) is 14.0. The van der Waals surface area contributed by atoms with Crippen molar-refractivity contribution in [3.05, 3.63) is 80.7 Å². The highest BCUT2D eigenvalue weighted by molar-refractivity contribution is 6.30. The average Bonchev–Trinajstić information content (AvgIpc) is 2.98. The number of rotatable bonds is 3. The minimum Gasteiger partial charge on any atom is -0.369 e. The Kier molecular flexibility index (Phi) is 3.58. The van der Waals surface area contributed by atoms with Crippen LogP contribution in [0, 0.1) is 10.1 Å². The van der Waals surface area contributed by atoms with Crippen molar-refractivity contribution in [1.82, 2.24) is 14.9 Å². The molecule has 0 amide bonds. The van der Waals surface area contributed by atoms with Crippen LogP contribution in [0.1, 0.15) is 11.6 Å². The molecule has 2 heterocycles. The van der Waals surface area contributed by atoms with Crippen molar-refractivity contribution < 1.29 is 4.92 Å². The first kappa shape index (κ1) is 15.5. The summed E-state index contributed by atoms with van der Waals surface area (Å²) in [6.45, 7) is 0. The van der Waals surface area contributed by atoms with Gasteiger partial charge in [-0.1, -0.05) is 35.9 Å². The van der Waals surface area contributed by atoms with E-state index in [9.17, 15) is 10.1 Å². The van der Waals surface area contributed by atoms with E-state index in [4.69, 9.17) is 11.6 Å². The number of nitrogens with one attached hydrogen (secondary N) is 2. The van der Waals surface area contributed by atoms with Gasteiger partial charge in [-0.05, 0) is 29.8 Å². The van der Waals surface area contributed by atoms with Crippen molar-refractivity contribution in [3.63, 3.8) is 0 Å². The van der Waals surface area contributed by atoms with Crippen LogP contribution >= 0.6 is 11.6 Å². The molecule has 1 unspecified atom stereocenters. The zero-order chi connectivity index (χ0) is 17.6. The van der Waals surface area contributed by atoms with Gasteiger partial charge < -0.3 is 10.6 Å². The Morgan fingerprint density at radius 2 is 1.96 bits per heavy atom. The van der Waals surface area contributed by atoms with Crippen LogP contribution in [-0.4, -0.2) is 21.5 Å². The van der Waals surface area contributed by atoms with Gasteiger partial charge in [-0.25, -0.2) is 4.98 Å². The summed E-state index contributed by atoms with van der Waals surface area (Å²) in [5.41, 5.74) is 2.37. The SMILES string of the molecule is CNC1=C([N+](=O)[O-])C(c2ccc(Cl)cc2)n2c(nc3ccccc32)N1. The molecule has 3 aromatic rings. The quantitative estimate of drug-likeness (QED) is 0.555. The Hall–Kier alpha value is -3.06. The summed E-state index contributed by atoms with van der Waals surface area (Å²) in [5.74, 6) is 0.879. The van der Waals surface area contributed by atoms with Gasteiger partial charge in [-0.3, -0.25) is 14.7 Å². The summed E-state index contributed by atoms with van der Waals surface area (Å²) in [4.78, 5) is 16.1. The monoisotopic (exact) mass is 355 g/mol. The normalized spacial score (nSPS) is 16.5. The van der Waals surface area contributed by atoms with Gasteiger partial charge in [0, 0.05) is 12.1 Å². The molecule has 2 N–H and O–H groups in total. The number of para-hydroxylation sites is 2. The van der Waals surface area contributed by atoms with Gasteiger partial charge in [0.1, 0.15) is 0 Å². The lowest BCUT2D eigenvalue weighted by atomic mass is 10.0. The largest absolute Gasteiger partial charge is 0.369 e. The molecule has 4 rings (SSSR count). The van der Waals surface area contributed by atoms with E-state index in [-0.39, 0.29) is 10.6 Å². The van der Waals surface area contributed by atoms with Crippen molar-refractivity contribution >= 4 is 28.6 Å². The molecule has 0 saturated carbocycles. The number of aromatic nitrogens is 2. The standard InChI is InChI=1S/C17H14ClN5O2/c1-19-16-15(23(24)25)14(10-6-8-11(18)9-7-10)22-13-5-3-2-4-12(13)20-17(22)21-16/h2-9,14,19H,1H3,(H,20,21). The second kappa shape index (κ2) is 5.78. The number of halogens is 1. The number of hydrogen-bond donors (Lipinski definition) is 2. The maximum atomic E-state index is 11.8. The maximum Gasteiger partial charge on any atom is 0.313 e. The molecule has 7 nitrogen and oxygen atoms in total. The van der Waals surface area contributed by atoms with Crippen LogP contribution in [0.3, 0.4) is 0 Å². The van der Waals surface area contributed by atoms with Gasteiger partial charge in [-0.15, -0.1) is 0 Å². The smallest absolute Gasteiger partial charge is 0.313 e. The molecule has 0 saturated heterocycles. The Bertz CT molecular complexity index is 1010. The van der Waals surface area contributed by atoms with Crippen LogP contribution < -0.4 is 10.6 Å². The molecule has 1 aromatic heterocycles. The first-order chi connectivity index (χ1) is 12.1. The third-order valence-corrected chi connectivity index (χ3v) is 4.49. The van der Waals surface area contributed by atoms with Crippen molar-refractivity contribution in [2.24, 2.45) is 0 Å². The van der Waals surface area contributed by atoms with E-state index >= 15 is 0 Å². The molecular formula is C17H14ClN5O2. The molecule has 0 fully saturated rings. The lowest BCUT2D eigenvalue weighted by Crippen LogP contribution is -2.33. The third-order valence-electron chi connectivity index (χ3n) is 4.24. The van der Waals surface area contributed by atoms with Gasteiger partial charge in [0.15, 0.2) is 11.9 Å². The second-order valence-electron chi connectivity index (χ2n) is 5.64. The highest BCUT2D eigenvalue weighted by atomic mass is 35.5.